The van der Waals surface area contributed by atoms with Crippen molar-refractivity contribution in [1.29, 1.82) is 0 Å². The highest BCUT2D eigenvalue weighted by Crippen LogP contribution is 2.18. The Morgan fingerprint density at radius 2 is 1.64 bits per heavy atom. The number of amides is 1. The van der Waals surface area contributed by atoms with Crippen LogP contribution in [0.15, 0.2) is 72.8 Å². The fourth-order valence-corrected chi connectivity index (χ4v) is 2.50. The summed E-state index contributed by atoms with van der Waals surface area (Å²) < 4.78 is 5.72. The molecule has 3 rings (SSSR count). The Balaban J connectivity index is 1.63. The molecule has 0 aliphatic rings. The maximum absolute atomic E-state index is 12.4. The maximum atomic E-state index is 12.4. The minimum atomic E-state index is -0.107. The van der Waals surface area contributed by atoms with E-state index < -0.39 is 0 Å². The third-order valence-electron chi connectivity index (χ3n) is 4.01. The first-order valence-electron chi connectivity index (χ1n) is 8.27. The summed E-state index contributed by atoms with van der Waals surface area (Å²) in [7, 11) is 0. The summed E-state index contributed by atoms with van der Waals surface area (Å²) >= 11 is 0. The molecule has 0 aliphatic heterocycles. The van der Waals surface area contributed by atoms with Gasteiger partial charge >= 0.3 is 0 Å². The number of para-hydroxylation sites is 1. The Bertz CT molecular complexity index is 855. The van der Waals surface area contributed by atoms with Crippen molar-refractivity contribution >= 4 is 11.6 Å². The Morgan fingerprint density at radius 3 is 2.36 bits per heavy atom. The fourth-order valence-electron chi connectivity index (χ4n) is 2.50. The summed E-state index contributed by atoms with van der Waals surface area (Å²) in [6.07, 6.45) is 0. The van der Waals surface area contributed by atoms with E-state index in [4.69, 9.17) is 4.74 Å². The number of anilines is 1. The molecular formula is C22H21NO2. The van der Waals surface area contributed by atoms with Crippen molar-refractivity contribution in [3.05, 3.63) is 95.1 Å². The normalized spacial score (nSPS) is 10.3. The molecule has 0 aliphatic carbocycles. The van der Waals surface area contributed by atoms with Crippen LogP contribution in [0.25, 0.3) is 0 Å². The Kier molecular flexibility index (Phi) is 5.14. The quantitative estimate of drug-likeness (QED) is 0.703. The van der Waals surface area contributed by atoms with Gasteiger partial charge in [-0.05, 0) is 60.9 Å². The molecule has 0 fully saturated rings. The number of carbonyl (C=O) groups is 1. The molecule has 126 valence electrons. The standard InChI is InChI=1S/C22H21NO2/c1-16-8-9-17(2)21(14-16)23-22(24)19-12-10-18(11-13-19)15-25-20-6-4-3-5-7-20/h3-14H,15H2,1-2H3,(H,23,24). The second-order valence-corrected chi connectivity index (χ2v) is 6.07. The topological polar surface area (TPSA) is 38.3 Å². The fraction of sp³-hybridized carbons (Fsp3) is 0.136. The summed E-state index contributed by atoms with van der Waals surface area (Å²) in [4.78, 5) is 12.4. The third-order valence-corrected chi connectivity index (χ3v) is 4.01. The molecule has 0 heterocycles. The van der Waals surface area contributed by atoms with Gasteiger partial charge in [-0.2, -0.15) is 0 Å². The minimum Gasteiger partial charge on any atom is -0.489 e. The van der Waals surface area contributed by atoms with Crippen LogP contribution in [0, 0.1) is 13.8 Å². The molecule has 0 saturated heterocycles. The first kappa shape index (κ1) is 16.8. The lowest BCUT2D eigenvalue weighted by atomic mass is 10.1. The van der Waals surface area contributed by atoms with E-state index in [2.05, 4.69) is 5.32 Å². The van der Waals surface area contributed by atoms with Gasteiger partial charge in [-0.3, -0.25) is 4.79 Å². The van der Waals surface area contributed by atoms with E-state index in [0.717, 1.165) is 28.1 Å². The number of ether oxygens (including phenoxy) is 1. The highest BCUT2D eigenvalue weighted by atomic mass is 16.5. The Labute approximate surface area is 148 Å². The summed E-state index contributed by atoms with van der Waals surface area (Å²) in [5.74, 6) is 0.725. The molecule has 0 aromatic heterocycles. The average molecular weight is 331 g/mol. The predicted molar refractivity (Wildman–Crippen MR) is 101 cm³/mol. The number of hydrogen-bond donors (Lipinski definition) is 1. The molecule has 3 nitrogen and oxygen atoms in total. The van der Waals surface area contributed by atoms with Gasteiger partial charge in [0.2, 0.25) is 0 Å². The minimum absolute atomic E-state index is 0.107. The van der Waals surface area contributed by atoms with E-state index in [9.17, 15) is 4.79 Å². The zero-order chi connectivity index (χ0) is 17.6. The average Bonchev–Trinajstić information content (AvgIpc) is 2.64. The molecule has 25 heavy (non-hydrogen) atoms. The summed E-state index contributed by atoms with van der Waals surface area (Å²) in [5, 5.41) is 2.97. The molecule has 0 unspecified atom stereocenters. The lowest BCUT2D eigenvalue weighted by Crippen LogP contribution is -2.13. The van der Waals surface area contributed by atoms with Gasteiger partial charge in [0.15, 0.2) is 0 Å². The number of hydrogen-bond acceptors (Lipinski definition) is 2. The smallest absolute Gasteiger partial charge is 0.255 e. The first-order chi connectivity index (χ1) is 12.1. The highest BCUT2D eigenvalue weighted by Gasteiger charge is 2.08. The van der Waals surface area contributed by atoms with E-state index in [0.29, 0.717) is 12.2 Å². The number of rotatable bonds is 5. The largest absolute Gasteiger partial charge is 0.489 e. The predicted octanol–water partition coefficient (Wildman–Crippen LogP) is 5.13. The van der Waals surface area contributed by atoms with Crippen molar-refractivity contribution < 1.29 is 9.53 Å². The molecule has 0 spiro atoms. The van der Waals surface area contributed by atoms with E-state index in [1.807, 2.05) is 86.6 Å². The SMILES string of the molecule is Cc1ccc(C)c(NC(=O)c2ccc(COc3ccccc3)cc2)c1. The van der Waals surface area contributed by atoms with Crippen LogP contribution in [-0.2, 0) is 6.61 Å². The van der Waals surface area contributed by atoms with E-state index in [1.165, 1.54) is 0 Å². The lowest BCUT2D eigenvalue weighted by molar-refractivity contribution is 0.102. The molecule has 1 amide bonds. The van der Waals surface area contributed by atoms with Crippen molar-refractivity contribution in [3.63, 3.8) is 0 Å². The van der Waals surface area contributed by atoms with Gasteiger partial charge in [-0.25, -0.2) is 0 Å². The molecule has 3 aromatic carbocycles. The molecule has 3 aromatic rings. The molecule has 0 bridgehead atoms. The molecule has 0 radical (unpaired) electrons. The van der Waals surface area contributed by atoms with Crippen LogP contribution < -0.4 is 10.1 Å². The molecular weight excluding hydrogens is 310 g/mol. The second-order valence-electron chi connectivity index (χ2n) is 6.07. The monoisotopic (exact) mass is 331 g/mol. The van der Waals surface area contributed by atoms with Crippen molar-refractivity contribution in [2.24, 2.45) is 0 Å². The zero-order valence-corrected chi connectivity index (χ0v) is 14.5. The summed E-state index contributed by atoms with van der Waals surface area (Å²) in [6, 6.07) is 23.2. The number of carbonyl (C=O) groups excluding carboxylic acids is 1. The molecule has 0 atom stereocenters. The van der Waals surface area contributed by atoms with Crippen molar-refractivity contribution in [2.45, 2.75) is 20.5 Å². The molecule has 1 N–H and O–H groups in total. The highest BCUT2D eigenvalue weighted by molar-refractivity contribution is 6.04. The van der Waals surface area contributed by atoms with Gasteiger partial charge < -0.3 is 10.1 Å². The van der Waals surface area contributed by atoms with Gasteiger partial charge in [0.05, 0.1) is 0 Å². The lowest BCUT2D eigenvalue weighted by Gasteiger charge is -2.10. The van der Waals surface area contributed by atoms with E-state index >= 15 is 0 Å². The van der Waals surface area contributed by atoms with Crippen LogP contribution in [0.5, 0.6) is 5.75 Å². The van der Waals surface area contributed by atoms with Crippen LogP contribution in [0.2, 0.25) is 0 Å². The van der Waals surface area contributed by atoms with Gasteiger partial charge in [-0.15, -0.1) is 0 Å². The molecule has 3 heteroatoms. The van der Waals surface area contributed by atoms with Crippen LogP contribution in [-0.4, -0.2) is 5.91 Å². The van der Waals surface area contributed by atoms with E-state index in [1.54, 1.807) is 0 Å². The summed E-state index contributed by atoms with van der Waals surface area (Å²) in [6.45, 7) is 4.47. The number of benzene rings is 3. The van der Waals surface area contributed by atoms with Crippen molar-refractivity contribution in [1.82, 2.24) is 0 Å². The number of aryl methyl sites for hydroxylation is 2. The van der Waals surface area contributed by atoms with Gasteiger partial charge in [0.25, 0.3) is 5.91 Å². The summed E-state index contributed by atoms with van der Waals surface area (Å²) in [5.41, 5.74) is 4.67. The van der Waals surface area contributed by atoms with Crippen LogP contribution in [0.1, 0.15) is 27.0 Å². The maximum Gasteiger partial charge on any atom is 0.255 e. The second kappa shape index (κ2) is 7.67. The van der Waals surface area contributed by atoms with Crippen LogP contribution >= 0.6 is 0 Å². The zero-order valence-electron chi connectivity index (χ0n) is 14.5. The van der Waals surface area contributed by atoms with Gasteiger partial charge in [-0.1, -0.05) is 42.5 Å². The van der Waals surface area contributed by atoms with Crippen LogP contribution in [0.3, 0.4) is 0 Å². The van der Waals surface area contributed by atoms with Crippen molar-refractivity contribution in [2.75, 3.05) is 5.32 Å². The Morgan fingerprint density at radius 1 is 0.920 bits per heavy atom. The van der Waals surface area contributed by atoms with E-state index in [-0.39, 0.29) is 5.91 Å². The van der Waals surface area contributed by atoms with Gasteiger partial charge in [0.1, 0.15) is 12.4 Å². The third kappa shape index (κ3) is 4.48. The van der Waals surface area contributed by atoms with Gasteiger partial charge in [0, 0.05) is 11.3 Å². The Hall–Kier alpha value is -3.07. The van der Waals surface area contributed by atoms with Crippen molar-refractivity contribution in [3.8, 4) is 5.75 Å². The molecule has 0 saturated carbocycles. The number of nitrogens with one attached hydrogen (secondary N) is 1. The van der Waals surface area contributed by atoms with Crippen LogP contribution in [0.4, 0.5) is 5.69 Å². The first-order valence-corrected chi connectivity index (χ1v) is 8.27.